The van der Waals surface area contributed by atoms with Gasteiger partial charge in [-0.25, -0.2) is 22.4 Å². The quantitative estimate of drug-likeness (QED) is 0.406. The van der Waals surface area contributed by atoms with E-state index in [0.29, 0.717) is 0 Å². The number of rotatable bonds is 4. The van der Waals surface area contributed by atoms with Crippen LogP contribution in [0.3, 0.4) is 0 Å². The molecule has 0 spiro atoms. The van der Waals surface area contributed by atoms with E-state index in [1.807, 2.05) is 0 Å². The molecule has 0 aromatic heterocycles. The second-order valence-electron chi connectivity index (χ2n) is 4.64. The third-order valence-electron chi connectivity index (χ3n) is 3.25. The summed E-state index contributed by atoms with van der Waals surface area (Å²) < 4.78 is 58.8. The molecule has 0 bridgehead atoms. The molecule has 2 rings (SSSR count). The highest BCUT2D eigenvalue weighted by Crippen LogP contribution is 2.35. The van der Waals surface area contributed by atoms with Crippen LogP contribution in [0.2, 0.25) is 0 Å². The van der Waals surface area contributed by atoms with Crippen LogP contribution in [0.25, 0.3) is 0 Å². The lowest BCUT2D eigenvalue weighted by Crippen LogP contribution is -2.40. The normalized spacial score (nSPS) is 13.5. The van der Waals surface area contributed by atoms with E-state index in [0.717, 1.165) is 0 Å². The maximum atomic E-state index is 14.1. The molecule has 0 heterocycles. The van der Waals surface area contributed by atoms with Crippen LogP contribution in [0.5, 0.6) is 0 Å². The van der Waals surface area contributed by atoms with Gasteiger partial charge in [0, 0.05) is 5.56 Å². The second kappa shape index (κ2) is 6.37. The van der Waals surface area contributed by atoms with E-state index in [2.05, 4.69) is 4.74 Å². The molecule has 0 aliphatic carbocycles. The zero-order valence-corrected chi connectivity index (χ0v) is 11.9. The number of ether oxygens (including phenoxy) is 1. The van der Waals surface area contributed by atoms with Crippen LogP contribution in [0, 0.1) is 23.3 Å². The summed E-state index contributed by atoms with van der Waals surface area (Å²) in [5.74, 6) is -9.11. The first-order valence-electron chi connectivity index (χ1n) is 6.62. The van der Waals surface area contributed by atoms with Crippen molar-refractivity contribution in [3.63, 3.8) is 0 Å². The molecule has 1 atom stereocenters. The topological polar surface area (TPSA) is 46.5 Å². The minimum atomic E-state index is -2.82. The van der Waals surface area contributed by atoms with Gasteiger partial charge in [0.2, 0.25) is 5.60 Å². The monoisotopic (exact) mass is 328 g/mol. The lowest BCUT2D eigenvalue weighted by atomic mass is 9.85. The van der Waals surface area contributed by atoms with Crippen molar-refractivity contribution in [2.75, 3.05) is 6.61 Å². The number of carbonyl (C=O) groups is 1. The Morgan fingerprint density at radius 3 is 2.26 bits per heavy atom. The highest BCUT2D eigenvalue weighted by molar-refractivity contribution is 5.85. The zero-order valence-electron chi connectivity index (χ0n) is 11.9. The average Bonchev–Trinajstić information content (AvgIpc) is 2.56. The first kappa shape index (κ1) is 17.0. The first-order valence-corrected chi connectivity index (χ1v) is 6.62. The van der Waals surface area contributed by atoms with Gasteiger partial charge in [-0.05, 0) is 18.6 Å². The molecule has 0 aliphatic rings. The first-order chi connectivity index (χ1) is 10.8. The van der Waals surface area contributed by atoms with Gasteiger partial charge in [0.15, 0.2) is 23.3 Å². The molecule has 1 unspecified atom stereocenters. The van der Waals surface area contributed by atoms with Gasteiger partial charge in [-0.15, -0.1) is 0 Å². The highest BCUT2D eigenvalue weighted by atomic mass is 19.2. The van der Waals surface area contributed by atoms with E-state index >= 15 is 0 Å². The minimum Gasteiger partial charge on any atom is -0.463 e. The number of hydrogen-bond donors (Lipinski definition) is 1. The van der Waals surface area contributed by atoms with Crippen molar-refractivity contribution in [3.8, 4) is 0 Å². The van der Waals surface area contributed by atoms with Crippen molar-refractivity contribution in [1.29, 1.82) is 0 Å². The predicted molar refractivity (Wildman–Crippen MR) is 72.3 cm³/mol. The average molecular weight is 328 g/mol. The standard InChI is InChI=1S/C16H12F4O3/c1-2-23-15(21)16(22,9-6-4-3-5-7-9)10-8-11(17)13(19)14(20)12(10)18/h3-8,22H,2H2,1H3. The molecule has 23 heavy (non-hydrogen) atoms. The van der Waals surface area contributed by atoms with Gasteiger partial charge in [-0.2, -0.15) is 0 Å². The maximum Gasteiger partial charge on any atom is 0.347 e. The van der Waals surface area contributed by atoms with E-state index in [9.17, 15) is 27.5 Å². The van der Waals surface area contributed by atoms with Crippen LogP contribution < -0.4 is 0 Å². The smallest absolute Gasteiger partial charge is 0.347 e. The van der Waals surface area contributed by atoms with E-state index in [-0.39, 0.29) is 18.2 Å². The molecule has 7 heteroatoms. The lowest BCUT2D eigenvalue weighted by Gasteiger charge is -2.27. The van der Waals surface area contributed by atoms with Crippen LogP contribution in [-0.4, -0.2) is 17.7 Å². The van der Waals surface area contributed by atoms with Gasteiger partial charge in [0.1, 0.15) is 0 Å². The number of halogens is 4. The van der Waals surface area contributed by atoms with Crippen LogP contribution in [0.4, 0.5) is 17.6 Å². The van der Waals surface area contributed by atoms with Gasteiger partial charge in [0.25, 0.3) is 0 Å². The van der Waals surface area contributed by atoms with Gasteiger partial charge in [0.05, 0.1) is 6.61 Å². The fourth-order valence-corrected chi connectivity index (χ4v) is 2.13. The Labute approximate surface area is 129 Å². The lowest BCUT2D eigenvalue weighted by molar-refractivity contribution is -0.161. The largest absolute Gasteiger partial charge is 0.463 e. The van der Waals surface area contributed by atoms with Gasteiger partial charge in [-0.3, -0.25) is 0 Å². The third-order valence-corrected chi connectivity index (χ3v) is 3.25. The Kier molecular flexibility index (Phi) is 4.70. The molecule has 3 nitrogen and oxygen atoms in total. The zero-order chi connectivity index (χ0) is 17.2. The minimum absolute atomic E-state index is 0.165. The summed E-state index contributed by atoms with van der Waals surface area (Å²) in [5.41, 5.74) is -4.07. The van der Waals surface area contributed by atoms with Gasteiger partial charge < -0.3 is 9.84 Å². The second-order valence-corrected chi connectivity index (χ2v) is 4.64. The van der Waals surface area contributed by atoms with Crippen LogP contribution in [0.15, 0.2) is 36.4 Å². The van der Waals surface area contributed by atoms with Crippen molar-refractivity contribution >= 4 is 5.97 Å². The fraction of sp³-hybridized carbons (Fsp3) is 0.188. The number of hydrogen-bond acceptors (Lipinski definition) is 3. The molecule has 0 radical (unpaired) electrons. The SMILES string of the molecule is CCOC(=O)C(O)(c1ccccc1)c1cc(F)c(F)c(F)c1F. The van der Waals surface area contributed by atoms with Crippen molar-refractivity contribution in [3.05, 3.63) is 70.8 Å². The summed E-state index contributed by atoms with van der Waals surface area (Å²) >= 11 is 0. The van der Waals surface area contributed by atoms with Crippen molar-refractivity contribution < 1.29 is 32.2 Å². The molecule has 1 N–H and O–H groups in total. The summed E-state index contributed by atoms with van der Waals surface area (Å²) in [7, 11) is 0. The van der Waals surface area contributed by atoms with Crippen LogP contribution in [-0.2, 0) is 15.1 Å². The molecule has 0 aliphatic heterocycles. The van der Waals surface area contributed by atoms with Crippen LogP contribution >= 0.6 is 0 Å². The van der Waals surface area contributed by atoms with E-state index in [1.54, 1.807) is 6.07 Å². The number of carbonyl (C=O) groups excluding carboxylic acids is 1. The summed E-state index contributed by atoms with van der Waals surface area (Å²) in [6.45, 7) is 1.27. The summed E-state index contributed by atoms with van der Waals surface area (Å²) in [5, 5.41) is 10.7. The molecule has 0 fully saturated rings. The summed E-state index contributed by atoms with van der Waals surface area (Å²) in [6, 6.07) is 7.13. The summed E-state index contributed by atoms with van der Waals surface area (Å²) in [6.07, 6.45) is 0. The van der Waals surface area contributed by atoms with E-state index in [4.69, 9.17) is 0 Å². The fourth-order valence-electron chi connectivity index (χ4n) is 2.13. The Hall–Kier alpha value is -2.41. The maximum absolute atomic E-state index is 14.1. The molecular weight excluding hydrogens is 316 g/mol. The van der Waals surface area contributed by atoms with Crippen molar-refractivity contribution in [2.45, 2.75) is 12.5 Å². The van der Waals surface area contributed by atoms with Crippen molar-refractivity contribution in [1.82, 2.24) is 0 Å². The number of aliphatic hydroxyl groups is 1. The molecule has 0 amide bonds. The number of esters is 1. The highest BCUT2D eigenvalue weighted by Gasteiger charge is 2.45. The summed E-state index contributed by atoms with van der Waals surface area (Å²) in [4.78, 5) is 12.1. The van der Waals surface area contributed by atoms with Crippen LogP contribution in [0.1, 0.15) is 18.1 Å². The Morgan fingerprint density at radius 2 is 1.70 bits per heavy atom. The molecule has 0 saturated carbocycles. The molecule has 0 saturated heterocycles. The van der Waals surface area contributed by atoms with E-state index in [1.165, 1.54) is 31.2 Å². The Bertz CT molecular complexity index is 734. The molecule has 122 valence electrons. The molecular formula is C16H12F4O3. The van der Waals surface area contributed by atoms with Gasteiger partial charge >= 0.3 is 5.97 Å². The Balaban J connectivity index is 2.77. The Morgan fingerprint density at radius 1 is 1.09 bits per heavy atom. The number of benzene rings is 2. The third kappa shape index (κ3) is 2.79. The van der Waals surface area contributed by atoms with E-state index < -0.39 is 40.4 Å². The molecule has 2 aromatic carbocycles. The van der Waals surface area contributed by atoms with Crippen molar-refractivity contribution in [2.24, 2.45) is 0 Å². The van der Waals surface area contributed by atoms with Gasteiger partial charge in [-0.1, -0.05) is 30.3 Å². The predicted octanol–water partition coefficient (Wildman–Crippen LogP) is 3.04. The molecule has 2 aromatic rings.